The summed E-state index contributed by atoms with van der Waals surface area (Å²) in [7, 11) is 0. The fourth-order valence-electron chi connectivity index (χ4n) is 3.77. The lowest BCUT2D eigenvalue weighted by Gasteiger charge is -2.30. The van der Waals surface area contributed by atoms with E-state index in [2.05, 4.69) is 10.2 Å². The maximum absolute atomic E-state index is 5.87. The maximum atomic E-state index is 5.87. The molecule has 0 aromatic rings. The van der Waals surface area contributed by atoms with Crippen LogP contribution in [0.25, 0.3) is 0 Å². The van der Waals surface area contributed by atoms with Crippen LogP contribution in [0.15, 0.2) is 0 Å². The Labute approximate surface area is 116 Å². The molecule has 0 spiro atoms. The first-order chi connectivity index (χ1) is 9.43. The zero-order valence-electron chi connectivity index (χ0n) is 12.0. The van der Waals surface area contributed by atoms with Gasteiger partial charge in [0.25, 0.3) is 0 Å². The Kier molecular flexibility index (Phi) is 5.10. The molecule has 3 unspecified atom stereocenters. The average molecular weight is 268 g/mol. The topological polar surface area (TPSA) is 33.7 Å². The number of nitrogens with one attached hydrogen (secondary N) is 1. The fraction of sp³-hybridized carbons (Fsp3) is 1.00. The molecule has 3 fully saturated rings. The van der Waals surface area contributed by atoms with Crippen molar-refractivity contribution >= 4 is 0 Å². The standard InChI is InChI=1S/C15H28N2O2/c1-2-11-18-15(7-1)19-12-10-17-9-4-6-14(17)13-5-3-8-16-13/h13-16H,1-12H2. The van der Waals surface area contributed by atoms with Gasteiger partial charge in [0.1, 0.15) is 0 Å². The second-order valence-corrected chi connectivity index (χ2v) is 6.12. The monoisotopic (exact) mass is 268 g/mol. The highest BCUT2D eigenvalue weighted by atomic mass is 16.7. The molecule has 0 aromatic heterocycles. The molecule has 0 radical (unpaired) electrons. The number of hydrogen-bond donors (Lipinski definition) is 1. The Morgan fingerprint density at radius 1 is 1.11 bits per heavy atom. The second-order valence-electron chi connectivity index (χ2n) is 6.12. The quantitative estimate of drug-likeness (QED) is 0.823. The van der Waals surface area contributed by atoms with E-state index in [9.17, 15) is 0 Å². The summed E-state index contributed by atoms with van der Waals surface area (Å²) in [6.45, 7) is 5.23. The Bertz CT molecular complexity index is 263. The van der Waals surface area contributed by atoms with Crippen molar-refractivity contribution in [1.29, 1.82) is 0 Å². The fourth-order valence-corrected chi connectivity index (χ4v) is 3.77. The summed E-state index contributed by atoms with van der Waals surface area (Å²) in [5, 5.41) is 3.66. The van der Waals surface area contributed by atoms with E-state index in [1.54, 1.807) is 0 Å². The Morgan fingerprint density at radius 2 is 2.11 bits per heavy atom. The minimum Gasteiger partial charge on any atom is -0.353 e. The second kappa shape index (κ2) is 7.02. The van der Waals surface area contributed by atoms with Crippen LogP contribution in [0.1, 0.15) is 44.9 Å². The zero-order chi connectivity index (χ0) is 12.9. The van der Waals surface area contributed by atoms with Crippen molar-refractivity contribution in [3.05, 3.63) is 0 Å². The lowest BCUT2D eigenvalue weighted by atomic mass is 10.0. The van der Waals surface area contributed by atoms with E-state index in [0.717, 1.165) is 38.3 Å². The van der Waals surface area contributed by atoms with Crippen molar-refractivity contribution in [2.24, 2.45) is 0 Å². The molecule has 3 rings (SSSR count). The van der Waals surface area contributed by atoms with E-state index < -0.39 is 0 Å². The van der Waals surface area contributed by atoms with Gasteiger partial charge in [-0.1, -0.05) is 0 Å². The molecule has 4 heteroatoms. The van der Waals surface area contributed by atoms with Crippen molar-refractivity contribution in [2.45, 2.75) is 63.3 Å². The van der Waals surface area contributed by atoms with Crippen molar-refractivity contribution < 1.29 is 9.47 Å². The first kappa shape index (κ1) is 13.8. The molecule has 3 atom stereocenters. The first-order valence-electron chi connectivity index (χ1n) is 8.14. The molecule has 0 amide bonds. The highest BCUT2D eigenvalue weighted by Gasteiger charge is 2.32. The molecule has 0 saturated carbocycles. The predicted molar refractivity (Wildman–Crippen MR) is 75.2 cm³/mol. The van der Waals surface area contributed by atoms with Crippen LogP contribution in [-0.2, 0) is 9.47 Å². The third-order valence-electron chi connectivity index (χ3n) is 4.80. The van der Waals surface area contributed by atoms with Gasteiger partial charge in [-0.3, -0.25) is 4.90 Å². The minimum absolute atomic E-state index is 0.0689. The third-order valence-corrected chi connectivity index (χ3v) is 4.80. The summed E-state index contributed by atoms with van der Waals surface area (Å²) in [5.74, 6) is 0. The summed E-state index contributed by atoms with van der Waals surface area (Å²) in [6, 6.07) is 1.48. The SMILES string of the molecule is C1CCC(OCCN2CCCC2C2CCCN2)OC1. The Morgan fingerprint density at radius 3 is 2.89 bits per heavy atom. The molecule has 0 bridgehead atoms. The molecule has 3 aliphatic heterocycles. The van der Waals surface area contributed by atoms with Crippen molar-refractivity contribution in [1.82, 2.24) is 10.2 Å². The molecule has 0 aliphatic carbocycles. The highest BCUT2D eigenvalue weighted by molar-refractivity contribution is 4.91. The van der Waals surface area contributed by atoms with Gasteiger partial charge in [0.2, 0.25) is 0 Å². The molecule has 3 aliphatic rings. The van der Waals surface area contributed by atoms with Gasteiger partial charge in [-0.15, -0.1) is 0 Å². The van der Waals surface area contributed by atoms with Crippen molar-refractivity contribution in [3.8, 4) is 0 Å². The van der Waals surface area contributed by atoms with E-state index in [0.29, 0.717) is 0 Å². The van der Waals surface area contributed by atoms with Crippen LogP contribution in [0.3, 0.4) is 0 Å². The predicted octanol–water partition coefficient (Wildman–Crippen LogP) is 1.75. The van der Waals surface area contributed by atoms with Crippen LogP contribution < -0.4 is 5.32 Å². The van der Waals surface area contributed by atoms with Gasteiger partial charge in [0.15, 0.2) is 6.29 Å². The first-order valence-corrected chi connectivity index (χ1v) is 8.14. The van der Waals surface area contributed by atoms with Crippen molar-refractivity contribution in [3.63, 3.8) is 0 Å². The molecule has 19 heavy (non-hydrogen) atoms. The lowest BCUT2D eigenvalue weighted by molar-refractivity contribution is -0.164. The highest BCUT2D eigenvalue weighted by Crippen LogP contribution is 2.24. The van der Waals surface area contributed by atoms with Crippen LogP contribution in [-0.4, -0.2) is 56.1 Å². The largest absolute Gasteiger partial charge is 0.353 e. The molecule has 110 valence electrons. The summed E-state index contributed by atoms with van der Waals surface area (Å²) in [4.78, 5) is 2.63. The Balaban J connectivity index is 1.38. The van der Waals surface area contributed by atoms with Gasteiger partial charge in [0.05, 0.1) is 6.61 Å². The van der Waals surface area contributed by atoms with Gasteiger partial charge in [-0.05, 0) is 58.0 Å². The number of likely N-dealkylation sites (tertiary alicyclic amines) is 1. The zero-order valence-corrected chi connectivity index (χ0v) is 12.0. The lowest BCUT2D eigenvalue weighted by Crippen LogP contribution is -2.45. The number of ether oxygens (including phenoxy) is 2. The molecule has 3 saturated heterocycles. The van der Waals surface area contributed by atoms with Gasteiger partial charge < -0.3 is 14.8 Å². The molecule has 4 nitrogen and oxygen atoms in total. The van der Waals surface area contributed by atoms with E-state index in [1.807, 2.05) is 0 Å². The van der Waals surface area contributed by atoms with Crippen LogP contribution in [0, 0.1) is 0 Å². The molecular formula is C15H28N2O2. The van der Waals surface area contributed by atoms with Gasteiger partial charge >= 0.3 is 0 Å². The van der Waals surface area contributed by atoms with E-state index in [-0.39, 0.29) is 6.29 Å². The molecular weight excluding hydrogens is 240 g/mol. The van der Waals surface area contributed by atoms with Crippen LogP contribution in [0.2, 0.25) is 0 Å². The van der Waals surface area contributed by atoms with E-state index in [1.165, 1.54) is 51.6 Å². The maximum Gasteiger partial charge on any atom is 0.157 e. The molecule has 0 aromatic carbocycles. The average Bonchev–Trinajstić information content (AvgIpc) is 3.10. The van der Waals surface area contributed by atoms with Crippen molar-refractivity contribution in [2.75, 3.05) is 32.8 Å². The molecule has 1 N–H and O–H groups in total. The van der Waals surface area contributed by atoms with Crippen LogP contribution in [0.4, 0.5) is 0 Å². The molecule has 3 heterocycles. The smallest absolute Gasteiger partial charge is 0.157 e. The summed E-state index contributed by atoms with van der Waals surface area (Å²) < 4.78 is 11.5. The minimum atomic E-state index is 0.0689. The van der Waals surface area contributed by atoms with E-state index in [4.69, 9.17) is 9.47 Å². The van der Waals surface area contributed by atoms with Gasteiger partial charge in [-0.2, -0.15) is 0 Å². The van der Waals surface area contributed by atoms with Gasteiger partial charge in [0, 0.05) is 25.2 Å². The number of rotatable bonds is 5. The van der Waals surface area contributed by atoms with Crippen LogP contribution >= 0.6 is 0 Å². The normalized spacial score (nSPS) is 36.9. The number of nitrogens with zero attached hydrogens (tertiary/aromatic N) is 1. The van der Waals surface area contributed by atoms with Gasteiger partial charge in [-0.25, -0.2) is 0 Å². The summed E-state index contributed by atoms with van der Waals surface area (Å²) >= 11 is 0. The van der Waals surface area contributed by atoms with Crippen LogP contribution in [0.5, 0.6) is 0 Å². The summed E-state index contributed by atoms with van der Waals surface area (Å²) in [6.07, 6.45) is 9.01. The third kappa shape index (κ3) is 3.69. The Hall–Kier alpha value is -0.160. The number of hydrogen-bond acceptors (Lipinski definition) is 4. The summed E-state index contributed by atoms with van der Waals surface area (Å²) in [5.41, 5.74) is 0. The van der Waals surface area contributed by atoms with E-state index >= 15 is 0 Å².